The summed E-state index contributed by atoms with van der Waals surface area (Å²) in [6, 6.07) is 19.7. The van der Waals surface area contributed by atoms with Gasteiger partial charge in [0.1, 0.15) is 0 Å². The van der Waals surface area contributed by atoms with Gasteiger partial charge < -0.3 is 9.84 Å². The minimum atomic E-state index is -0.756. The zero-order chi connectivity index (χ0) is 19.6. The number of carboxylic acids is 1. The van der Waals surface area contributed by atoms with Gasteiger partial charge in [0, 0.05) is 18.3 Å². The van der Waals surface area contributed by atoms with E-state index in [1.54, 1.807) is 0 Å². The van der Waals surface area contributed by atoms with Crippen LogP contribution in [0.15, 0.2) is 60.7 Å². The highest BCUT2D eigenvalue weighted by Crippen LogP contribution is 2.26. The van der Waals surface area contributed by atoms with E-state index in [0.717, 1.165) is 5.56 Å². The predicted octanol–water partition coefficient (Wildman–Crippen LogP) is 4.79. The Balaban J connectivity index is 0.000000260. The van der Waals surface area contributed by atoms with Gasteiger partial charge in [0.25, 0.3) is 0 Å². The predicted molar refractivity (Wildman–Crippen MR) is 103 cm³/mol. The van der Waals surface area contributed by atoms with Gasteiger partial charge in [-0.2, -0.15) is 0 Å². The minimum Gasteiger partial charge on any atom is -0.481 e. The molecule has 2 aromatic rings. The van der Waals surface area contributed by atoms with Crippen LogP contribution in [0.4, 0.5) is 0 Å². The monoisotopic (exact) mass is 356 g/mol. The molecule has 0 amide bonds. The third-order valence-electron chi connectivity index (χ3n) is 4.05. The first-order valence-corrected chi connectivity index (χ1v) is 8.68. The molecule has 140 valence electrons. The molecule has 1 N–H and O–H groups in total. The highest BCUT2D eigenvalue weighted by Gasteiger charge is 2.23. The van der Waals surface area contributed by atoms with E-state index in [9.17, 15) is 9.59 Å². The Morgan fingerprint density at radius 3 is 1.96 bits per heavy atom. The first-order chi connectivity index (χ1) is 12.2. The Bertz CT molecular complexity index is 678. The Hall–Kier alpha value is -2.62. The zero-order valence-electron chi connectivity index (χ0n) is 15.9. The smallest absolute Gasteiger partial charge is 0.304 e. The van der Waals surface area contributed by atoms with Crippen LogP contribution in [0.5, 0.6) is 0 Å². The lowest BCUT2D eigenvalue weighted by Gasteiger charge is -2.22. The van der Waals surface area contributed by atoms with E-state index >= 15 is 0 Å². The zero-order valence-corrected chi connectivity index (χ0v) is 15.9. The van der Waals surface area contributed by atoms with E-state index in [-0.39, 0.29) is 23.7 Å². The van der Waals surface area contributed by atoms with Gasteiger partial charge in [0.05, 0.1) is 13.0 Å². The van der Waals surface area contributed by atoms with Crippen molar-refractivity contribution in [2.24, 2.45) is 0 Å². The minimum absolute atomic E-state index is 0.164. The second-order valence-electron chi connectivity index (χ2n) is 6.93. The second-order valence-corrected chi connectivity index (χ2v) is 6.93. The van der Waals surface area contributed by atoms with Gasteiger partial charge in [0.15, 0.2) is 0 Å². The van der Waals surface area contributed by atoms with Crippen LogP contribution in [0.2, 0.25) is 0 Å². The average Bonchev–Trinajstić information content (AvgIpc) is 2.60. The summed E-state index contributed by atoms with van der Waals surface area (Å²) >= 11 is 0. The summed E-state index contributed by atoms with van der Waals surface area (Å²) in [7, 11) is 0. The molecular weight excluding hydrogens is 328 g/mol. The standard InChI is InChI=1S/2C11H14O2/c1-11(2,8-10(12)13)9-6-4-3-5-7-9;1-9(8-13-10(2)12)11-6-4-3-5-7-11/h3-7H,8H2,1-2H3,(H,12,13);3-7,9H,8H2,1-2H3. The summed E-state index contributed by atoms with van der Waals surface area (Å²) < 4.78 is 4.92. The number of esters is 1. The summed E-state index contributed by atoms with van der Waals surface area (Å²) in [4.78, 5) is 21.1. The SMILES string of the molecule is CC(=O)OCC(C)c1ccccc1.CC(C)(CC(=O)O)c1ccccc1. The lowest BCUT2D eigenvalue weighted by Crippen LogP contribution is -2.21. The Morgan fingerprint density at radius 1 is 1.00 bits per heavy atom. The van der Waals surface area contributed by atoms with Crippen LogP contribution in [-0.2, 0) is 19.7 Å². The second kappa shape index (κ2) is 10.4. The van der Waals surface area contributed by atoms with Crippen molar-refractivity contribution in [3.8, 4) is 0 Å². The van der Waals surface area contributed by atoms with Crippen molar-refractivity contribution in [1.29, 1.82) is 0 Å². The van der Waals surface area contributed by atoms with E-state index in [2.05, 4.69) is 0 Å². The number of rotatable bonds is 6. The quantitative estimate of drug-likeness (QED) is 0.756. The van der Waals surface area contributed by atoms with Gasteiger partial charge in [-0.15, -0.1) is 0 Å². The molecule has 0 saturated heterocycles. The summed E-state index contributed by atoms with van der Waals surface area (Å²) in [6.07, 6.45) is 0.164. The Kier molecular flexibility index (Phi) is 8.56. The molecule has 0 aliphatic rings. The van der Waals surface area contributed by atoms with Gasteiger partial charge >= 0.3 is 11.9 Å². The molecule has 0 radical (unpaired) electrons. The number of carboxylic acid groups (broad SMARTS) is 1. The van der Waals surface area contributed by atoms with Crippen molar-refractivity contribution in [2.75, 3.05) is 6.61 Å². The summed E-state index contributed by atoms with van der Waals surface area (Å²) in [6.45, 7) is 7.81. The maximum absolute atomic E-state index is 10.6. The maximum atomic E-state index is 10.6. The number of carbonyl (C=O) groups is 2. The van der Waals surface area contributed by atoms with E-state index in [1.165, 1.54) is 12.5 Å². The van der Waals surface area contributed by atoms with Crippen molar-refractivity contribution in [2.45, 2.75) is 45.4 Å². The molecule has 0 fully saturated rings. The van der Waals surface area contributed by atoms with E-state index in [4.69, 9.17) is 9.84 Å². The fourth-order valence-corrected chi connectivity index (χ4v) is 2.49. The fraction of sp³-hybridized carbons (Fsp3) is 0.364. The molecule has 1 atom stereocenters. The highest BCUT2D eigenvalue weighted by atomic mass is 16.5. The molecule has 1 unspecified atom stereocenters. The maximum Gasteiger partial charge on any atom is 0.304 e. The average molecular weight is 356 g/mol. The third kappa shape index (κ3) is 7.97. The molecule has 0 aliphatic heterocycles. The van der Waals surface area contributed by atoms with Crippen LogP contribution in [0, 0.1) is 0 Å². The molecule has 0 saturated carbocycles. The molecular formula is C22H28O4. The van der Waals surface area contributed by atoms with Crippen LogP contribution in [0.1, 0.15) is 51.2 Å². The fourth-order valence-electron chi connectivity index (χ4n) is 2.49. The van der Waals surface area contributed by atoms with E-state index in [1.807, 2.05) is 81.4 Å². The Morgan fingerprint density at radius 2 is 1.50 bits per heavy atom. The van der Waals surface area contributed by atoms with Crippen LogP contribution in [0.25, 0.3) is 0 Å². The number of benzene rings is 2. The number of aliphatic carboxylic acids is 1. The summed E-state index contributed by atoms with van der Waals surface area (Å²) in [5, 5.41) is 8.71. The van der Waals surface area contributed by atoms with Crippen molar-refractivity contribution < 1.29 is 19.4 Å². The van der Waals surface area contributed by atoms with Gasteiger partial charge in [-0.1, -0.05) is 81.4 Å². The Labute approximate surface area is 155 Å². The lowest BCUT2D eigenvalue weighted by atomic mass is 9.82. The van der Waals surface area contributed by atoms with Crippen LogP contribution >= 0.6 is 0 Å². The van der Waals surface area contributed by atoms with Crippen LogP contribution in [0.3, 0.4) is 0 Å². The number of ether oxygens (including phenoxy) is 1. The first-order valence-electron chi connectivity index (χ1n) is 8.68. The van der Waals surface area contributed by atoms with Gasteiger partial charge in [0.2, 0.25) is 0 Å². The van der Waals surface area contributed by atoms with Gasteiger partial charge in [-0.25, -0.2) is 0 Å². The first kappa shape index (κ1) is 21.4. The molecule has 0 heterocycles. The molecule has 4 heteroatoms. The molecule has 26 heavy (non-hydrogen) atoms. The van der Waals surface area contributed by atoms with Crippen molar-refractivity contribution in [3.63, 3.8) is 0 Å². The largest absolute Gasteiger partial charge is 0.481 e. The number of hydrogen-bond donors (Lipinski definition) is 1. The molecule has 0 aliphatic carbocycles. The highest BCUT2D eigenvalue weighted by molar-refractivity contribution is 5.68. The number of hydrogen-bond acceptors (Lipinski definition) is 3. The normalized spacial score (nSPS) is 11.7. The lowest BCUT2D eigenvalue weighted by molar-refractivity contribution is -0.141. The van der Waals surface area contributed by atoms with Gasteiger partial charge in [-0.3, -0.25) is 9.59 Å². The van der Waals surface area contributed by atoms with Crippen molar-refractivity contribution in [1.82, 2.24) is 0 Å². The van der Waals surface area contributed by atoms with E-state index < -0.39 is 5.97 Å². The van der Waals surface area contributed by atoms with Gasteiger partial charge in [-0.05, 0) is 11.1 Å². The van der Waals surface area contributed by atoms with Crippen LogP contribution in [-0.4, -0.2) is 23.7 Å². The molecule has 0 spiro atoms. The third-order valence-corrected chi connectivity index (χ3v) is 4.05. The van der Waals surface area contributed by atoms with E-state index in [0.29, 0.717) is 6.61 Å². The molecule has 2 rings (SSSR count). The molecule has 4 nitrogen and oxygen atoms in total. The molecule has 0 aromatic heterocycles. The van der Waals surface area contributed by atoms with Crippen LogP contribution < -0.4 is 0 Å². The number of carbonyl (C=O) groups excluding carboxylic acids is 1. The van der Waals surface area contributed by atoms with Crippen molar-refractivity contribution in [3.05, 3.63) is 71.8 Å². The topological polar surface area (TPSA) is 63.6 Å². The van der Waals surface area contributed by atoms with Crippen molar-refractivity contribution >= 4 is 11.9 Å². The molecule has 2 aromatic carbocycles. The summed E-state index contributed by atoms with van der Waals surface area (Å²) in [5.41, 5.74) is 1.98. The summed E-state index contributed by atoms with van der Waals surface area (Å²) in [5.74, 6) is -0.707. The molecule has 0 bridgehead atoms.